The van der Waals surface area contributed by atoms with Crippen molar-refractivity contribution in [1.29, 1.82) is 0 Å². The molecule has 0 saturated carbocycles. The van der Waals surface area contributed by atoms with E-state index in [1.165, 1.54) is 0 Å². The number of nitrogens with zero attached hydrogens (tertiary/aromatic N) is 1. The molecule has 22 heavy (non-hydrogen) atoms. The summed E-state index contributed by atoms with van der Waals surface area (Å²) in [4.78, 5) is 25.5. The molecule has 1 aromatic carbocycles. The zero-order valence-corrected chi connectivity index (χ0v) is 13.4. The van der Waals surface area contributed by atoms with E-state index in [0.717, 1.165) is 32.2 Å². The van der Waals surface area contributed by atoms with Gasteiger partial charge in [-0.1, -0.05) is 30.2 Å². The number of likely N-dealkylation sites (tertiary alicyclic amines) is 1. The zero-order valence-electron chi connectivity index (χ0n) is 12.6. The summed E-state index contributed by atoms with van der Waals surface area (Å²) in [5.74, 6) is 0.234. The highest BCUT2D eigenvalue weighted by Crippen LogP contribution is 2.20. The van der Waals surface area contributed by atoms with Gasteiger partial charge >= 0.3 is 6.03 Å². The van der Waals surface area contributed by atoms with Crippen molar-refractivity contribution in [2.24, 2.45) is 0 Å². The standard InChI is InChI=1S/C16H22ClN3O2/c17-13-7-3-4-8-14(13)19-16(22)18-10-6-12-20-11-5-1-2-9-15(20)21/h3-4,7-8H,1-2,5-6,9-12H2,(H2,18,19,22). The number of para-hydroxylation sites is 1. The van der Waals surface area contributed by atoms with Gasteiger partial charge in [-0.3, -0.25) is 4.79 Å². The molecule has 1 aromatic rings. The molecule has 1 saturated heterocycles. The maximum Gasteiger partial charge on any atom is 0.319 e. The fourth-order valence-corrected chi connectivity index (χ4v) is 2.66. The van der Waals surface area contributed by atoms with Crippen molar-refractivity contribution in [3.8, 4) is 0 Å². The Morgan fingerprint density at radius 2 is 2.05 bits per heavy atom. The van der Waals surface area contributed by atoms with Crippen LogP contribution >= 0.6 is 11.6 Å². The van der Waals surface area contributed by atoms with E-state index in [0.29, 0.717) is 30.2 Å². The summed E-state index contributed by atoms with van der Waals surface area (Å²) in [6.45, 7) is 2.07. The van der Waals surface area contributed by atoms with Crippen LogP contribution in [0.5, 0.6) is 0 Å². The number of amides is 3. The molecule has 2 rings (SSSR count). The molecule has 2 N–H and O–H groups in total. The minimum atomic E-state index is -0.282. The van der Waals surface area contributed by atoms with Crippen molar-refractivity contribution >= 4 is 29.2 Å². The molecule has 1 aliphatic heterocycles. The second-order valence-corrected chi connectivity index (χ2v) is 5.81. The first-order valence-electron chi connectivity index (χ1n) is 7.74. The Morgan fingerprint density at radius 3 is 2.86 bits per heavy atom. The minimum absolute atomic E-state index is 0.234. The maximum atomic E-state index is 11.8. The summed E-state index contributed by atoms with van der Waals surface area (Å²) in [6, 6.07) is 6.81. The van der Waals surface area contributed by atoms with Gasteiger partial charge in [-0.15, -0.1) is 0 Å². The van der Waals surface area contributed by atoms with Crippen LogP contribution in [-0.2, 0) is 4.79 Å². The Kier molecular flexibility index (Phi) is 6.52. The van der Waals surface area contributed by atoms with Crippen LogP contribution < -0.4 is 10.6 Å². The van der Waals surface area contributed by atoms with E-state index in [2.05, 4.69) is 10.6 Å². The Morgan fingerprint density at radius 1 is 1.23 bits per heavy atom. The van der Waals surface area contributed by atoms with Gasteiger partial charge in [-0.25, -0.2) is 4.79 Å². The Hall–Kier alpha value is -1.75. The van der Waals surface area contributed by atoms with Gasteiger partial charge in [0.1, 0.15) is 0 Å². The fraction of sp³-hybridized carbons (Fsp3) is 0.500. The van der Waals surface area contributed by atoms with Gasteiger partial charge in [0.2, 0.25) is 5.91 Å². The lowest BCUT2D eigenvalue weighted by molar-refractivity contribution is -0.130. The van der Waals surface area contributed by atoms with Crippen LogP contribution in [0.1, 0.15) is 32.1 Å². The van der Waals surface area contributed by atoms with E-state index >= 15 is 0 Å². The average molecular weight is 324 g/mol. The summed E-state index contributed by atoms with van der Waals surface area (Å²) >= 11 is 5.98. The van der Waals surface area contributed by atoms with Crippen LogP contribution in [0.2, 0.25) is 5.02 Å². The lowest BCUT2D eigenvalue weighted by Crippen LogP contribution is -2.35. The largest absolute Gasteiger partial charge is 0.343 e. The number of carbonyl (C=O) groups is 2. The van der Waals surface area contributed by atoms with Crippen molar-refractivity contribution in [3.05, 3.63) is 29.3 Å². The number of urea groups is 1. The van der Waals surface area contributed by atoms with Crippen LogP contribution in [-0.4, -0.2) is 36.5 Å². The van der Waals surface area contributed by atoms with Gasteiger partial charge in [0, 0.05) is 26.1 Å². The predicted octanol–water partition coefficient (Wildman–Crippen LogP) is 3.25. The number of anilines is 1. The van der Waals surface area contributed by atoms with Gasteiger partial charge in [0.05, 0.1) is 10.7 Å². The lowest BCUT2D eigenvalue weighted by Gasteiger charge is -2.20. The first-order chi connectivity index (χ1) is 10.7. The summed E-state index contributed by atoms with van der Waals surface area (Å²) in [7, 11) is 0. The maximum absolute atomic E-state index is 11.8. The number of rotatable bonds is 5. The van der Waals surface area contributed by atoms with Gasteiger partial charge < -0.3 is 15.5 Å². The highest BCUT2D eigenvalue weighted by molar-refractivity contribution is 6.33. The molecule has 0 aromatic heterocycles. The van der Waals surface area contributed by atoms with Gasteiger partial charge in [0.25, 0.3) is 0 Å². The third-order valence-electron chi connectivity index (χ3n) is 3.68. The molecule has 0 unspecified atom stereocenters. The number of benzene rings is 1. The molecule has 0 bridgehead atoms. The lowest BCUT2D eigenvalue weighted by atomic mass is 10.2. The number of nitrogens with one attached hydrogen (secondary N) is 2. The second kappa shape index (κ2) is 8.63. The van der Waals surface area contributed by atoms with Gasteiger partial charge in [-0.05, 0) is 31.4 Å². The van der Waals surface area contributed by atoms with Crippen LogP contribution in [0.15, 0.2) is 24.3 Å². The van der Waals surface area contributed by atoms with Crippen molar-refractivity contribution in [2.75, 3.05) is 25.0 Å². The summed E-state index contributed by atoms with van der Waals surface area (Å²) in [6.07, 6.45) is 4.60. The topological polar surface area (TPSA) is 61.4 Å². The van der Waals surface area contributed by atoms with Crippen LogP contribution in [0.4, 0.5) is 10.5 Å². The highest BCUT2D eigenvalue weighted by Gasteiger charge is 2.15. The molecular formula is C16H22ClN3O2. The molecule has 120 valence electrons. The molecular weight excluding hydrogens is 302 g/mol. The molecule has 1 fully saturated rings. The van der Waals surface area contributed by atoms with E-state index in [4.69, 9.17) is 11.6 Å². The minimum Gasteiger partial charge on any atom is -0.343 e. The average Bonchev–Trinajstić information content (AvgIpc) is 2.71. The van der Waals surface area contributed by atoms with E-state index in [1.54, 1.807) is 12.1 Å². The van der Waals surface area contributed by atoms with E-state index in [1.807, 2.05) is 17.0 Å². The number of halogens is 1. The Balaban J connectivity index is 1.67. The van der Waals surface area contributed by atoms with Crippen molar-refractivity contribution in [2.45, 2.75) is 32.1 Å². The normalized spacial score (nSPS) is 15.3. The summed E-state index contributed by atoms with van der Waals surface area (Å²) in [5, 5.41) is 5.99. The quantitative estimate of drug-likeness (QED) is 0.817. The Bertz CT molecular complexity index is 522. The number of carbonyl (C=O) groups excluding carboxylic acids is 2. The molecule has 0 atom stereocenters. The number of hydrogen-bond acceptors (Lipinski definition) is 2. The number of hydrogen-bond donors (Lipinski definition) is 2. The molecule has 0 radical (unpaired) electrons. The van der Waals surface area contributed by atoms with Crippen LogP contribution in [0.25, 0.3) is 0 Å². The van der Waals surface area contributed by atoms with Crippen molar-refractivity contribution in [1.82, 2.24) is 10.2 Å². The molecule has 3 amide bonds. The van der Waals surface area contributed by atoms with Crippen LogP contribution in [0, 0.1) is 0 Å². The Labute approximate surface area is 136 Å². The zero-order chi connectivity index (χ0) is 15.8. The third kappa shape index (κ3) is 5.22. The van der Waals surface area contributed by atoms with E-state index in [9.17, 15) is 9.59 Å². The fourth-order valence-electron chi connectivity index (χ4n) is 2.48. The van der Waals surface area contributed by atoms with E-state index < -0.39 is 0 Å². The smallest absolute Gasteiger partial charge is 0.319 e. The molecule has 5 nitrogen and oxygen atoms in total. The molecule has 0 aliphatic carbocycles. The van der Waals surface area contributed by atoms with Gasteiger partial charge in [0.15, 0.2) is 0 Å². The van der Waals surface area contributed by atoms with E-state index in [-0.39, 0.29) is 11.9 Å². The van der Waals surface area contributed by atoms with Crippen LogP contribution in [0.3, 0.4) is 0 Å². The predicted molar refractivity (Wildman–Crippen MR) is 88.1 cm³/mol. The highest BCUT2D eigenvalue weighted by atomic mass is 35.5. The molecule has 1 heterocycles. The monoisotopic (exact) mass is 323 g/mol. The first-order valence-corrected chi connectivity index (χ1v) is 8.12. The van der Waals surface area contributed by atoms with Crippen molar-refractivity contribution < 1.29 is 9.59 Å². The molecule has 1 aliphatic rings. The summed E-state index contributed by atoms with van der Waals surface area (Å²) in [5.41, 5.74) is 0.587. The van der Waals surface area contributed by atoms with Gasteiger partial charge in [-0.2, -0.15) is 0 Å². The van der Waals surface area contributed by atoms with Crippen molar-refractivity contribution in [3.63, 3.8) is 0 Å². The molecule has 6 heteroatoms. The second-order valence-electron chi connectivity index (χ2n) is 5.41. The first kappa shape index (κ1) is 16.6. The third-order valence-corrected chi connectivity index (χ3v) is 4.01. The molecule has 0 spiro atoms. The SMILES string of the molecule is O=C(NCCCN1CCCCCC1=O)Nc1ccccc1Cl. The summed E-state index contributed by atoms with van der Waals surface area (Å²) < 4.78 is 0.